The van der Waals surface area contributed by atoms with Crippen LogP contribution in [0.1, 0.15) is 50.5 Å². The van der Waals surface area contributed by atoms with Crippen LogP contribution in [0, 0.1) is 0 Å². The van der Waals surface area contributed by atoms with Crippen LogP contribution in [0.4, 0.5) is 0 Å². The van der Waals surface area contributed by atoms with Crippen molar-refractivity contribution in [2.45, 2.75) is 56.4 Å². The van der Waals surface area contributed by atoms with E-state index in [0.29, 0.717) is 19.1 Å². The summed E-state index contributed by atoms with van der Waals surface area (Å²) in [5.41, 5.74) is 1.33. The average Bonchev–Trinajstić information content (AvgIpc) is 2.68. The van der Waals surface area contributed by atoms with Gasteiger partial charge in [0.05, 0.1) is 6.54 Å². The highest BCUT2D eigenvalue weighted by Crippen LogP contribution is 2.34. The SMILES string of the molecule is CN(CC(=O)NCC1(c2ccccc2)CCOCC1)C1CCCCC1. The van der Waals surface area contributed by atoms with Crippen molar-refractivity contribution in [1.29, 1.82) is 0 Å². The third-order valence-electron chi connectivity index (χ3n) is 6.05. The first-order valence-electron chi connectivity index (χ1n) is 9.80. The molecule has 25 heavy (non-hydrogen) atoms. The summed E-state index contributed by atoms with van der Waals surface area (Å²) in [7, 11) is 2.09. The van der Waals surface area contributed by atoms with Crippen molar-refractivity contribution in [3.63, 3.8) is 0 Å². The van der Waals surface area contributed by atoms with Crippen LogP contribution in [0.3, 0.4) is 0 Å². The second-order valence-corrected chi connectivity index (χ2v) is 7.74. The predicted octanol–water partition coefficient (Wildman–Crippen LogP) is 3.12. The molecule has 1 saturated heterocycles. The Balaban J connectivity index is 1.56. The third kappa shape index (κ3) is 4.83. The smallest absolute Gasteiger partial charge is 0.234 e. The van der Waals surface area contributed by atoms with Crippen molar-refractivity contribution in [2.24, 2.45) is 0 Å². The Morgan fingerprint density at radius 2 is 1.84 bits per heavy atom. The highest BCUT2D eigenvalue weighted by atomic mass is 16.5. The molecule has 1 aromatic rings. The van der Waals surface area contributed by atoms with Gasteiger partial charge in [0.25, 0.3) is 0 Å². The van der Waals surface area contributed by atoms with E-state index in [1.165, 1.54) is 37.7 Å². The standard InChI is InChI=1S/C21H32N2O2/c1-23(19-10-6-3-7-11-19)16-20(24)22-17-21(12-14-25-15-13-21)18-8-4-2-5-9-18/h2,4-5,8-9,19H,3,6-7,10-17H2,1H3,(H,22,24). The Hall–Kier alpha value is -1.39. The second-order valence-electron chi connectivity index (χ2n) is 7.74. The minimum atomic E-state index is 0.0125. The van der Waals surface area contributed by atoms with Gasteiger partial charge >= 0.3 is 0 Å². The van der Waals surface area contributed by atoms with Gasteiger partial charge in [0.2, 0.25) is 5.91 Å². The third-order valence-corrected chi connectivity index (χ3v) is 6.05. The van der Waals surface area contributed by atoms with E-state index in [2.05, 4.69) is 41.5 Å². The molecular formula is C21H32N2O2. The molecule has 0 spiro atoms. The maximum atomic E-state index is 12.5. The lowest BCUT2D eigenvalue weighted by molar-refractivity contribution is -0.123. The summed E-state index contributed by atoms with van der Waals surface area (Å²) >= 11 is 0. The van der Waals surface area contributed by atoms with Crippen LogP contribution in [-0.4, -0.2) is 50.2 Å². The zero-order valence-electron chi connectivity index (χ0n) is 15.5. The highest BCUT2D eigenvalue weighted by Gasteiger charge is 2.34. The van der Waals surface area contributed by atoms with E-state index < -0.39 is 0 Å². The molecule has 1 amide bonds. The van der Waals surface area contributed by atoms with Gasteiger partial charge < -0.3 is 10.1 Å². The fraction of sp³-hybridized carbons (Fsp3) is 0.667. The molecule has 0 aromatic heterocycles. The predicted molar refractivity (Wildman–Crippen MR) is 101 cm³/mol. The zero-order valence-corrected chi connectivity index (χ0v) is 15.5. The van der Waals surface area contributed by atoms with Crippen molar-refractivity contribution >= 4 is 5.91 Å². The number of amides is 1. The Morgan fingerprint density at radius 3 is 2.52 bits per heavy atom. The molecule has 1 aliphatic heterocycles. The fourth-order valence-corrected chi connectivity index (χ4v) is 4.32. The molecule has 0 atom stereocenters. The zero-order chi connectivity index (χ0) is 17.5. The van der Waals surface area contributed by atoms with E-state index in [4.69, 9.17) is 4.74 Å². The molecule has 138 valence electrons. The number of hydrogen-bond donors (Lipinski definition) is 1. The second kappa shape index (κ2) is 8.81. The van der Waals surface area contributed by atoms with Crippen LogP contribution in [-0.2, 0) is 14.9 Å². The number of nitrogens with zero attached hydrogens (tertiary/aromatic N) is 1. The number of carbonyl (C=O) groups is 1. The summed E-state index contributed by atoms with van der Waals surface area (Å²) in [6.07, 6.45) is 8.34. The Kier molecular flexibility index (Phi) is 6.49. The molecule has 4 nitrogen and oxygen atoms in total. The van der Waals surface area contributed by atoms with E-state index in [1.54, 1.807) is 0 Å². The Morgan fingerprint density at radius 1 is 1.16 bits per heavy atom. The van der Waals surface area contributed by atoms with Crippen LogP contribution in [0.25, 0.3) is 0 Å². The molecule has 0 bridgehead atoms. The van der Waals surface area contributed by atoms with E-state index in [9.17, 15) is 4.79 Å². The summed E-state index contributed by atoms with van der Waals surface area (Å²) in [4.78, 5) is 14.8. The van der Waals surface area contributed by atoms with Gasteiger partial charge in [-0.1, -0.05) is 49.6 Å². The molecule has 2 fully saturated rings. The van der Waals surface area contributed by atoms with Crippen molar-refractivity contribution in [2.75, 3.05) is 33.4 Å². The van der Waals surface area contributed by atoms with E-state index in [0.717, 1.165) is 26.1 Å². The highest BCUT2D eigenvalue weighted by molar-refractivity contribution is 5.78. The molecule has 1 saturated carbocycles. The van der Waals surface area contributed by atoms with Gasteiger partial charge in [-0.3, -0.25) is 9.69 Å². The molecule has 0 radical (unpaired) electrons. The van der Waals surface area contributed by atoms with Gasteiger partial charge in [0, 0.05) is 31.2 Å². The first-order chi connectivity index (χ1) is 12.2. The molecule has 1 aromatic carbocycles. The quantitative estimate of drug-likeness (QED) is 0.862. The normalized spacial score (nSPS) is 21.2. The molecular weight excluding hydrogens is 312 g/mol. The van der Waals surface area contributed by atoms with Crippen molar-refractivity contribution < 1.29 is 9.53 Å². The average molecular weight is 344 g/mol. The van der Waals surface area contributed by atoms with Gasteiger partial charge in [-0.25, -0.2) is 0 Å². The van der Waals surface area contributed by atoms with Gasteiger partial charge in [-0.2, -0.15) is 0 Å². The Bertz CT molecular complexity index is 534. The number of rotatable bonds is 6. The topological polar surface area (TPSA) is 41.6 Å². The number of nitrogens with one attached hydrogen (secondary N) is 1. The molecule has 2 aliphatic rings. The molecule has 1 heterocycles. The lowest BCUT2D eigenvalue weighted by Gasteiger charge is -2.38. The first kappa shape index (κ1) is 18.4. The van der Waals surface area contributed by atoms with Crippen LogP contribution < -0.4 is 5.32 Å². The number of carbonyl (C=O) groups excluding carboxylic acids is 1. The van der Waals surface area contributed by atoms with Crippen LogP contribution in [0.5, 0.6) is 0 Å². The van der Waals surface area contributed by atoms with Crippen LogP contribution >= 0.6 is 0 Å². The number of ether oxygens (including phenoxy) is 1. The van der Waals surface area contributed by atoms with E-state index >= 15 is 0 Å². The summed E-state index contributed by atoms with van der Waals surface area (Å²) in [6.45, 7) is 2.75. The van der Waals surface area contributed by atoms with Crippen molar-refractivity contribution in [3.05, 3.63) is 35.9 Å². The summed E-state index contributed by atoms with van der Waals surface area (Å²) in [6, 6.07) is 11.2. The van der Waals surface area contributed by atoms with Gasteiger partial charge in [-0.15, -0.1) is 0 Å². The molecule has 1 aliphatic carbocycles. The maximum absolute atomic E-state index is 12.5. The maximum Gasteiger partial charge on any atom is 0.234 e. The number of benzene rings is 1. The first-order valence-corrected chi connectivity index (χ1v) is 9.80. The minimum Gasteiger partial charge on any atom is -0.381 e. The van der Waals surface area contributed by atoms with Gasteiger partial charge in [-0.05, 0) is 38.3 Å². The largest absolute Gasteiger partial charge is 0.381 e. The van der Waals surface area contributed by atoms with E-state index in [-0.39, 0.29) is 11.3 Å². The van der Waals surface area contributed by atoms with E-state index in [1.807, 2.05) is 6.07 Å². The summed E-state index contributed by atoms with van der Waals surface area (Å²) < 4.78 is 5.58. The minimum absolute atomic E-state index is 0.0125. The monoisotopic (exact) mass is 344 g/mol. The van der Waals surface area contributed by atoms with Gasteiger partial charge in [0.15, 0.2) is 0 Å². The molecule has 3 rings (SSSR count). The van der Waals surface area contributed by atoms with Gasteiger partial charge in [0.1, 0.15) is 0 Å². The number of hydrogen-bond acceptors (Lipinski definition) is 3. The molecule has 0 unspecified atom stereocenters. The molecule has 1 N–H and O–H groups in total. The van der Waals surface area contributed by atoms with Crippen molar-refractivity contribution in [3.8, 4) is 0 Å². The number of likely N-dealkylation sites (N-methyl/N-ethyl adjacent to an activating group) is 1. The lowest BCUT2D eigenvalue weighted by atomic mass is 9.74. The fourth-order valence-electron chi connectivity index (χ4n) is 4.32. The molecule has 4 heteroatoms. The van der Waals surface area contributed by atoms with Crippen LogP contribution in [0.2, 0.25) is 0 Å². The summed E-state index contributed by atoms with van der Waals surface area (Å²) in [5.74, 6) is 0.148. The summed E-state index contributed by atoms with van der Waals surface area (Å²) in [5, 5.41) is 3.23. The van der Waals surface area contributed by atoms with Crippen molar-refractivity contribution in [1.82, 2.24) is 10.2 Å². The van der Waals surface area contributed by atoms with Crippen LogP contribution in [0.15, 0.2) is 30.3 Å². The Labute approximate surface area is 151 Å². The lowest BCUT2D eigenvalue weighted by Crippen LogP contribution is -2.48.